The van der Waals surface area contributed by atoms with Gasteiger partial charge in [0, 0.05) is 42.4 Å². The molecule has 1 aliphatic heterocycles. The van der Waals surface area contributed by atoms with E-state index >= 15 is 0 Å². The molecule has 0 radical (unpaired) electrons. The molecule has 0 aliphatic carbocycles. The highest BCUT2D eigenvalue weighted by Gasteiger charge is 2.48. The van der Waals surface area contributed by atoms with Gasteiger partial charge in [-0.2, -0.15) is 0 Å². The van der Waals surface area contributed by atoms with E-state index in [2.05, 4.69) is 24.1 Å². The lowest BCUT2D eigenvalue weighted by molar-refractivity contribution is -0.0115. The molecule has 1 saturated heterocycles. The summed E-state index contributed by atoms with van der Waals surface area (Å²) in [5.41, 5.74) is 1.32. The van der Waals surface area contributed by atoms with Crippen molar-refractivity contribution in [2.24, 2.45) is 5.41 Å². The van der Waals surface area contributed by atoms with Gasteiger partial charge in [0.2, 0.25) is 0 Å². The van der Waals surface area contributed by atoms with Crippen LogP contribution in [0.3, 0.4) is 0 Å². The maximum absolute atomic E-state index is 12.8. The van der Waals surface area contributed by atoms with E-state index in [1.807, 2.05) is 12.1 Å². The van der Waals surface area contributed by atoms with Crippen molar-refractivity contribution in [3.63, 3.8) is 0 Å². The fourth-order valence-corrected chi connectivity index (χ4v) is 4.13. The molecular formula is C19H23N3O4S. The monoisotopic (exact) mass is 389 g/mol. The molecule has 0 bridgehead atoms. The van der Waals surface area contributed by atoms with Gasteiger partial charge in [-0.15, -0.1) is 0 Å². The van der Waals surface area contributed by atoms with E-state index in [4.69, 9.17) is 4.74 Å². The Bertz CT molecular complexity index is 958. The van der Waals surface area contributed by atoms with Crippen LogP contribution in [0.1, 0.15) is 25.5 Å². The molecule has 27 heavy (non-hydrogen) atoms. The van der Waals surface area contributed by atoms with Crippen molar-refractivity contribution in [1.29, 1.82) is 0 Å². The van der Waals surface area contributed by atoms with Gasteiger partial charge in [0.25, 0.3) is 0 Å². The van der Waals surface area contributed by atoms with Crippen LogP contribution in [0, 0.1) is 5.41 Å². The van der Waals surface area contributed by atoms with Crippen molar-refractivity contribution in [2.75, 3.05) is 25.2 Å². The summed E-state index contributed by atoms with van der Waals surface area (Å²) in [5.74, 6) is 0.364. The number of nitrogens with zero attached hydrogens (tertiary/aromatic N) is 2. The maximum atomic E-state index is 12.8. The van der Waals surface area contributed by atoms with Crippen LogP contribution in [-0.2, 0) is 9.84 Å². The number of anilines is 1. The Kier molecular flexibility index (Phi) is 4.86. The largest absolute Gasteiger partial charge is 0.497 e. The number of rotatable bonds is 4. The first kappa shape index (κ1) is 19.2. The molecule has 1 fully saturated rings. The molecule has 1 aromatic carbocycles. The van der Waals surface area contributed by atoms with Crippen molar-refractivity contribution in [1.82, 2.24) is 9.88 Å². The van der Waals surface area contributed by atoms with Gasteiger partial charge in [-0.3, -0.25) is 4.98 Å². The number of nitrogens with one attached hydrogen (secondary N) is 1. The van der Waals surface area contributed by atoms with Gasteiger partial charge in [-0.05, 0) is 29.8 Å². The molecule has 2 aromatic rings. The number of benzene rings is 1. The number of carbonyl (C=O) groups is 1. The molecule has 3 rings (SSSR count). The van der Waals surface area contributed by atoms with Gasteiger partial charge in [0.15, 0.2) is 9.84 Å². The van der Waals surface area contributed by atoms with E-state index in [-0.39, 0.29) is 22.4 Å². The number of likely N-dealkylation sites (tertiary alicyclic amines) is 1. The molecule has 2 amide bonds. The lowest BCUT2D eigenvalue weighted by Crippen LogP contribution is -2.59. The summed E-state index contributed by atoms with van der Waals surface area (Å²) in [7, 11) is -1.98. The summed E-state index contributed by atoms with van der Waals surface area (Å²) in [4.78, 5) is 18.7. The summed E-state index contributed by atoms with van der Waals surface area (Å²) in [5, 5.41) is 2.80. The van der Waals surface area contributed by atoms with Gasteiger partial charge >= 0.3 is 6.03 Å². The van der Waals surface area contributed by atoms with E-state index in [1.165, 1.54) is 19.2 Å². The fraction of sp³-hybridized carbons (Fsp3) is 0.368. The third kappa shape index (κ3) is 3.90. The molecule has 0 spiro atoms. The second-order valence-corrected chi connectivity index (χ2v) is 9.41. The molecular weight excluding hydrogens is 366 g/mol. The van der Waals surface area contributed by atoms with Gasteiger partial charge in [0.1, 0.15) is 5.75 Å². The quantitative estimate of drug-likeness (QED) is 0.868. The minimum Gasteiger partial charge on any atom is -0.497 e. The van der Waals surface area contributed by atoms with Crippen molar-refractivity contribution in [2.45, 2.75) is 24.8 Å². The minimum absolute atomic E-state index is 0.0645. The number of sulfone groups is 1. The first-order chi connectivity index (χ1) is 12.6. The Morgan fingerprint density at radius 2 is 1.93 bits per heavy atom. The van der Waals surface area contributed by atoms with Crippen molar-refractivity contribution in [3.05, 3.63) is 48.3 Å². The first-order valence-electron chi connectivity index (χ1n) is 8.48. The number of hydrogen-bond donors (Lipinski definition) is 1. The highest BCUT2D eigenvalue weighted by atomic mass is 32.2. The van der Waals surface area contributed by atoms with Gasteiger partial charge in [-0.25, -0.2) is 13.2 Å². The Labute approximate surface area is 159 Å². The topological polar surface area (TPSA) is 88.6 Å². The molecule has 7 nitrogen and oxygen atoms in total. The van der Waals surface area contributed by atoms with Crippen LogP contribution in [0.25, 0.3) is 0 Å². The number of aromatic nitrogens is 1. The van der Waals surface area contributed by atoms with E-state index in [9.17, 15) is 13.2 Å². The van der Waals surface area contributed by atoms with Crippen molar-refractivity contribution in [3.8, 4) is 5.75 Å². The van der Waals surface area contributed by atoms with Crippen LogP contribution in [0.5, 0.6) is 5.75 Å². The summed E-state index contributed by atoms with van der Waals surface area (Å²) >= 11 is 0. The molecule has 1 aromatic heterocycles. The number of pyridine rings is 1. The number of urea groups is 1. The predicted molar refractivity (Wildman–Crippen MR) is 103 cm³/mol. The van der Waals surface area contributed by atoms with Crippen LogP contribution >= 0.6 is 0 Å². The Balaban J connectivity index is 1.85. The van der Waals surface area contributed by atoms with E-state index in [1.54, 1.807) is 23.4 Å². The third-order valence-electron chi connectivity index (χ3n) is 4.71. The zero-order chi connectivity index (χ0) is 19.8. The van der Waals surface area contributed by atoms with Crippen molar-refractivity contribution >= 4 is 21.6 Å². The van der Waals surface area contributed by atoms with Crippen LogP contribution < -0.4 is 10.1 Å². The summed E-state index contributed by atoms with van der Waals surface area (Å²) < 4.78 is 28.9. The molecule has 0 saturated carbocycles. The Morgan fingerprint density at radius 1 is 1.26 bits per heavy atom. The SMILES string of the molecule is COc1cc(NC(=O)N2CC(C)(C)C2c2ccncc2)cc(S(C)(=O)=O)c1. The first-order valence-corrected chi connectivity index (χ1v) is 10.4. The van der Waals surface area contributed by atoms with Crippen LogP contribution in [0.2, 0.25) is 0 Å². The Hall–Kier alpha value is -2.61. The predicted octanol–water partition coefficient (Wildman–Crippen LogP) is 3.11. The minimum atomic E-state index is -3.43. The summed E-state index contributed by atoms with van der Waals surface area (Å²) in [6.07, 6.45) is 4.53. The molecule has 144 valence electrons. The smallest absolute Gasteiger partial charge is 0.322 e. The molecule has 8 heteroatoms. The molecule has 2 heterocycles. The number of methoxy groups -OCH3 is 1. The summed E-state index contributed by atoms with van der Waals surface area (Å²) in [6, 6.07) is 7.89. The normalized spacial score (nSPS) is 18.5. The van der Waals surface area contributed by atoms with Gasteiger partial charge < -0.3 is 15.0 Å². The number of ether oxygens (including phenoxy) is 1. The standard InChI is InChI=1S/C19H23N3O4S/c1-19(2)12-22(17(19)13-5-7-20-8-6-13)18(23)21-14-9-15(26-3)11-16(10-14)27(4,24)25/h5-11,17H,12H2,1-4H3,(H,21,23). The molecule has 1 unspecified atom stereocenters. The van der Waals surface area contributed by atoms with E-state index in [0.717, 1.165) is 11.8 Å². The maximum Gasteiger partial charge on any atom is 0.322 e. The highest BCUT2D eigenvalue weighted by molar-refractivity contribution is 7.90. The molecule has 1 atom stereocenters. The number of hydrogen-bond acceptors (Lipinski definition) is 5. The van der Waals surface area contributed by atoms with Crippen molar-refractivity contribution < 1.29 is 17.9 Å². The van der Waals surface area contributed by atoms with Crippen LogP contribution in [-0.4, -0.2) is 44.2 Å². The molecule has 1 aliphatic rings. The lowest BCUT2D eigenvalue weighted by atomic mass is 9.72. The lowest BCUT2D eigenvalue weighted by Gasteiger charge is -2.54. The van der Waals surface area contributed by atoms with E-state index in [0.29, 0.717) is 18.0 Å². The summed E-state index contributed by atoms with van der Waals surface area (Å²) in [6.45, 7) is 4.80. The number of carbonyl (C=O) groups excluding carboxylic acids is 1. The second kappa shape index (κ2) is 6.84. The third-order valence-corrected chi connectivity index (χ3v) is 5.80. The average molecular weight is 389 g/mol. The van der Waals surface area contributed by atoms with Gasteiger partial charge in [-0.1, -0.05) is 13.8 Å². The van der Waals surface area contributed by atoms with Crippen LogP contribution in [0.15, 0.2) is 47.6 Å². The van der Waals surface area contributed by atoms with Gasteiger partial charge in [0.05, 0.1) is 18.0 Å². The molecule has 1 N–H and O–H groups in total. The Morgan fingerprint density at radius 3 is 2.48 bits per heavy atom. The highest BCUT2D eigenvalue weighted by Crippen LogP contribution is 2.48. The fourth-order valence-electron chi connectivity index (χ4n) is 3.46. The number of amides is 2. The van der Waals surface area contributed by atoms with E-state index < -0.39 is 9.84 Å². The second-order valence-electron chi connectivity index (χ2n) is 7.40. The zero-order valence-corrected chi connectivity index (χ0v) is 16.6. The zero-order valence-electron chi connectivity index (χ0n) is 15.8. The van der Waals surface area contributed by atoms with Crippen LogP contribution in [0.4, 0.5) is 10.5 Å². The average Bonchev–Trinajstić information content (AvgIpc) is 2.59.